The molecule has 1 atom stereocenters. The molecular formula is C14H20O. The second-order valence-corrected chi connectivity index (χ2v) is 5.17. The van der Waals surface area contributed by atoms with Crippen molar-refractivity contribution in [3.63, 3.8) is 0 Å². The Morgan fingerprint density at radius 2 is 1.80 bits per heavy atom. The Morgan fingerprint density at radius 1 is 1.20 bits per heavy atom. The minimum absolute atomic E-state index is 0.0888. The first-order valence-electron chi connectivity index (χ1n) is 5.89. The number of rotatable bonds is 4. The number of hydrogen-bond donors (Lipinski definition) is 1. The third-order valence-electron chi connectivity index (χ3n) is 3.47. The zero-order valence-corrected chi connectivity index (χ0v) is 9.61. The lowest BCUT2D eigenvalue weighted by Crippen LogP contribution is -2.27. The van der Waals surface area contributed by atoms with Gasteiger partial charge in [0.15, 0.2) is 0 Å². The van der Waals surface area contributed by atoms with Gasteiger partial charge in [0.2, 0.25) is 0 Å². The van der Waals surface area contributed by atoms with Crippen LogP contribution in [0.4, 0.5) is 0 Å². The number of aliphatic hydroxyl groups excluding tert-OH is 1. The van der Waals surface area contributed by atoms with E-state index in [9.17, 15) is 5.11 Å². The van der Waals surface area contributed by atoms with E-state index in [-0.39, 0.29) is 11.5 Å². The van der Waals surface area contributed by atoms with E-state index < -0.39 is 0 Å². The fourth-order valence-electron chi connectivity index (χ4n) is 2.39. The average Bonchev–Trinajstić information content (AvgIpc) is 2.99. The van der Waals surface area contributed by atoms with Gasteiger partial charge in [-0.05, 0) is 30.7 Å². The minimum atomic E-state index is -0.167. The van der Waals surface area contributed by atoms with E-state index in [0.29, 0.717) is 5.92 Å². The molecule has 0 radical (unpaired) electrons. The van der Waals surface area contributed by atoms with Crippen LogP contribution in [0, 0.1) is 5.92 Å². The summed E-state index contributed by atoms with van der Waals surface area (Å²) in [4.78, 5) is 0. The van der Waals surface area contributed by atoms with Gasteiger partial charge in [-0.25, -0.2) is 0 Å². The summed E-state index contributed by atoms with van der Waals surface area (Å²) in [6.45, 7) is 4.34. The zero-order chi connectivity index (χ0) is 10.9. The standard InChI is InChI=1S/C14H20O/c1-11(2)10-13(15)14(8-9-14)12-6-4-3-5-7-12/h3-7,11,13,15H,8-10H2,1-2H3. The summed E-state index contributed by atoms with van der Waals surface area (Å²) in [5.74, 6) is 0.571. The highest BCUT2D eigenvalue weighted by Crippen LogP contribution is 2.52. The highest BCUT2D eigenvalue weighted by molar-refractivity contribution is 5.32. The van der Waals surface area contributed by atoms with Crippen molar-refractivity contribution in [3.05, 3.63) is 35.9 Å². The van der Waals surface area contributed by atoms with Crippen LogP contribution in [0.1, 0.15) is 38.7 Å². The van der Waals surface area contributed by atoms with Gasteiger partial charge in [0.1, 0.15) is 0 Å². The number of hydrogen-bond acceptors (Lipinski definition) is 1. The molecule has 1 nitrogen and oxygen atoms in total. The largest absolute Gasteiger partial charge is 0.392 e. The fraction of sp³-hybridized carbons (Fsp3) is 0.571. The quantitative estimate of drug-likeness (QED) is 0.799. The van der Waals surface area contributed by atoms with Crippen LogP contribution in [-0.4, -0.2) is 11.2 Å². The first-order valence-corrected chi connectivity index (χ1v) is 5.89. The van der Waals surface area contributed by atoms with E-state index >= 15 is 0 Å². The van der Waals surface area contributed by atoms with Crippen LogP contribution in [0.2, 0.25) is 0 Å². The van der Waals surface area contributed by atoms with Crippen LogP contribution < -0.4 is 0 Å². The molecule has 0 amide bonds. The molecule has 1 aromatic carbocycles. The van der Waals surface area contributed by atoms with Gasteiger partial charge in [-0.15, -0.1) is 0 Å². The smallest absolute Gasteiger partial charge is 0.0639 e. The first-order chi connectivity index (χ1) is 7.15. The summed E-state index contributed by atoms with van der Waals surface area (Å²) in [6, 6.07) is 10.5. The lowest BCUT2D eigenvalue weighted by Gasteiger charge is -2.24. The summed E-state index contributed by atoms with van der Waals surface area (Å²) in [5, 5.41) is 10.3. The Balaban J connectivity index is 2.14. The van der Waals surface area contributed by atoms with Crippen molar-refractivity contribution in [2.75, 3.05) is 0 Å². The SMILES string of the molecule is CC(C)CC(O)C1(c2ccccc2)CC1. The molecular weight excluding hydrogens is 184 g/mol. The summed E-state index contributed by atoms with van der Waals surface area (Å²) in [5.41, 5.74) is 1.41. The van der Waals surface area contributed by atoms with Crippen molar-refractivity contribution in [1.29, 1.82) is 0 Å². The normalized spacial score (nSPS) is 20.3. The van der Waals surface area contributed by atoms with E-state index in [1.807, 2.05) is 6.07 Å². The Morgan fingerprint density at radius 3 is 2.27 bits per heavy atom. The monoisotopic (exact) mass is 204 g/mol. The van der Waals surface area contributed by atoms with Gasteiger partial charge in [-0.1, -0.05) is 44.2 Å². The van der Waals surface area contributed by atoms with Gasteiger partial charge < -0.3 is 5.11 Å². The molecule has 1 saturated carbocycles. The summed E-state index contributed by atoms with van der Waals surface area (Å²) in [6.07, 6.45) is 3.03. The molecule has 1 N–H and O–H groups in total. The van der Waals surface area contributed by atoms with Crippen LogP contribution in [-0.2, 0) is 5.41 Å². The summed E-state index contributed by atoms with van der Waals surface area (Å²) >= 11 is 0. The van der Waals surface area contributed by atoms with Crippen LogP contribution in [0.3, 0.4) is 0 Å². The highest BCUT2D eigenvalue weighted by Gasteiger charge is 2.49. The van der Waals surface area contributed by atoms with Crippen molar-refractivity contribution < 1.29 is 5.11 Å². The molecule has 1 aliphatic carbocycles. The van der Waals surface area contributed by atoms with Crippen molar-refractivity contribution in [3.8, 4) is 0 Å². The third-order valence-corrected chi connectivity index (χ3v) is 3.47. The molecule has 2 rings (SSSR count). The maximum absolute atomic E-state index is 10.3. The third kappa shape index (κ3) is 2.07. The molecule has 0 bridgehead atoms. The van der Waals surface area contributed by atoms with Crippen molar-refractivity contribution >= 4 is 0 Å². The Kier molecular flexibility index (Phi) is 2.83. The summed E-state index contributed by atoms with van der Waals surface area (Å²) < 4.78 is 0. The van der Waals surface area contributed by atoms with Crippen molar-refractivity contribution in [1.82, 2.24) is 0 Å². The van der Waals surface area contributed by atoms with Gasteiger partial charge in [0.05, 0.1) is 6.10 Å². The number of aliphatic hydroxyl groups is 1. The van der Waals surface area contributed by atoms with Gasteiger partial charge in [-0.3, -0.25) is 0 Å². The molecule has 1 aromatic rings. The maximum Gasteiger partial charge on any atom is 0.0639 e. The summed E-state index contributed by atoms with van der Waals surface area (Å²) in [7, 11) is 0. The zero-order valence-electron chi connectivity index (χ0n) is 9.61. The van der Waals surface area contributed by atoms with E-state index in [2.05, 4.69) is 38.1 Å². The molecule has 1 fully saturated rings. The van der Waals surface area contributed by atoms with Crippen molar-refractivity contribution in [2.24, 2.45) is 5.92 Å². The van der Waals surface area contributed by atoms with Gasteiger partial charge in [0.25, 0.3) is 0 Å². The molecule has 0 heterocycles. The van der Waals surface area contributed by atoms with Crippen LogP contribution in [0.5, 0.6) is 0 Å². The molecule has 0 aliphatic heterocycles. The Labute approximate surface area is 92.1 Å². The second kappa shape index (κ2) is 3.97. The van der Waals surface area contributed by atoms with Crippen LogP contribution in [0.15, 0.2) is 30.3 Å². The lowest BCUT2D eigenvalue weighted by molar-refractivity contribution is 0.108. The average molecular weight is 204 g/mol. The van der Waals surface area contributed by atoms with Gasteiger partial charge in [-0.2, -0.15) is 0 Å². The molecule has 0 saturated heterocycles. The predicted octanol–water partition coefficient (Wildman–Crippen LogP) is 3.13. The molecule has 1 heteroatoms. The van der Waals surface area contributed by atoms with E-state index in [4.69, 9.17) is 0 Å². The Bertz CT molecular complexity index is 311. The van der Waals surface area contributed by atoms with Gasteiger partial charge >= 0.3 is 0 Å². The number of benzene rings is 1. The molecule has 0 aromatic heterocycles. The minimum Gasteiger partial charge on any atom is -0.392 e. The molecule has 1 unspecified atom stereocenters. The van der Waals surface area contributed by atoms with Crippen molar-refractivity contribution in [2.45, 2.75) is 44.6 Å². The van der Waals surface area contributed by atoms with E-state index in [1.165, 1.54) is 5.56 Å². The van der Waals surface area contributed by atoms with E-state index in [1.54, 1.807) is 0 Å². The Hall–Kier alpha value is -0.820. The predicted molar refractivity (Wildman–Crippen MR) is 62.8 cm³/mol. The van der Waals surface area contributed by atoms with Crippen LogP contribution in [0.25, 0.3) is 0 Å². The molecule has 82 valence electrons. The van der Waals surface area contributed by atoms with Gasteiger partial charge in [0, 0.05) is 5.41 Å². The topological polar surface area (TPSA) is 20.2 Å². The fourth-order valence-corrected chi connectivity index (χ4v) is 2.39. The van der Waals surface area contributed by atoms with E-state index in [0.717, 1.165) is 19.3 Å². The molecule has 1 aliphatic rings. The second-order valence-electron chi connectivity index (χ2n) is 5.17. The first kappa shape index (κ1) is 10.7. The highest BCUT2D eigenvalue weighted by atomic mass is 16.3. The van der Waals surface area contributed by atoms with Crippen LogP contribution >= 0.6 is 0 Å². The maximum atomic E-state index is 10.3. The molecule has 0 spiro atoms. The molecule has 15 heavy (non-hydrogen) atoms. The lowest BCUT2D eigenvalue weighted by atomic mass is 9.86.